The van der Waals surface area contributed by atoms with Crippen LogP contribution in [-0.2, 0) is 4.79 Å². The van der Waals surface area contributed by atoms with Crippen molar-refractivity contribution in [2.75, 3.05) is 18.0 Å². The van der Waals surface area contributed by atoms with Crippen molar-refractivity contribution in [2.45, 2.75) is 40.5 Å². The third-order valence-electron chi connectivity index (χ3n) is 3.47. The first kappa shape index (κ1) is 19.3. The standard InChI is InChI=1S/C14H14N2O2S.2C2H6/c1-2-16-8-9(10-5-3-4-6-11(10)16)7-12-13(17)15-14(18)19-12;2*1-2/h3-7,9H,2,8H2,1H3,(H,15,17,18);2*1-2H3/b12-7-;;. The molecule has 4 nitrogen and oxygen atoms in total. The van der Waals surface area contributed by atoms with Crippen LogP contribution < -0.4 is 10.2 Å². The highest BCUT2D eigenvalue weighted by Gasteiger charge is 2.30. The minimum Gasteiger partial charge on any atom is -0.371 e. The molecule has 2 amide bonds. The van der Waals surface area contributed by atoms with Crippen LogP contribution in [0.1, 0.15) is 46.1 Å². The lowest BCUT2D eigenvalue weighted by atomic mass is 10.0. The van der Waals surface area contributed by atoms with Crippen molar-refractivity contribution in [3.05, 3.63) is 40.8 Å². The normalized spacial score (nSPS) is 20.3. The van der Waals surface area contributed by atoms with Crippen LogP contribution in [-0.4, -0.2) is 24.2 Å². The maximum absolute atomic E-state index is 11.6. The van der Waals surface area contributed by atoms with Crippen molar-refractivity contribution in [1.29, 1.82) is 0 Å². The Kier molecular flexibility index (Phi) is 7.89. The van der Waals surface area contributed by atoms with Gasteiger partial charge in [0.25, 0.3) is 11.1 Å². The van der Waals surface area contributed by atoms with E-state index in [4.69, 9.17) is 0 Å². The molecule has 1 N–H and O–H groups in total. The number of rotatable bonds is 2. The Morgan fingerprint density at radius 2 is 1.87 bits per heavy atom. The van der Waals surface area contributed by atoms with Crippen LogP contribution in [0.2, 0.25) is 0 Å². The van der Waals surface area contributed by atoms with Gasteiger partial charge in [0.05, 0.1) is 4.91 Å². The minimum atomic E-state index is -0.283. The van der Waals surface area contributed by atoms with Gasteiger partial charge in [-0.3, -0.25) is 14.9 Å². The fraction of sp³-hybridized carbons (Fsp3) is 0.444. The number of benzene rings is 1. The molecule has 2 aliphatic rings. The van der Waals surface area contributed by atoms with Crippen molar-refractivity contribution in [3.8, 4) is 0 Å². The predicted molar refractivity (Wildman–Crippen MR) is 99.0 cm³/mol. The highest BCUT2D eigenvalue weighted by atomic mass is 32.2. The summed E-state index contributed by atoms with van der Waals surface area (Å²) in [5.74, 6) is -0.0993. The summed E-state index contributed by atoms with van der Waals surface area (Å²) in [6.07, 6.45) is 1.92. The Morgan fingerprint density at radius 3 is 2.43 bits per heavy atom. The van der Waals surface area contributed by atoms with Crippen LogP contribution >= 0.6 is 11.8 Å². The van der Waals surface area contributed by atoms with E-state index in [1.54, 1.807) is 0 Å². The highest BCUT2D eigenvalue weighted by molar-refractivity contribution is 8.18. The number of fused-ring (bicyclic) bond motifs is 1. The second kappa shape index (κ2) is 9.40. The highest BCUT2D eigenvalue weighted by Crippen LogP contribution is 2.38. The molecule has 1 fully saturated rings. The van der Waals surface area contributed by atoms with Gasteiger partial charge in [0.15, 0.2) is 0 Å². The average Bonchev–Trinajstić information content (AvgIpc) is 3.11. The summed E-state index contributed by atoms with van der Waals surface area (Å²) in [4.78, 5) is 25.6. The molecule has 5 heteroatoms. The van der Waals surface area contributed by atoms with Crippen molar-refractivity contribution in [3.63, 3.8) is 0 Å². The fourth-order valence-electron chi connectivity index (χ4n) is 2.58. The molecule has 1 unspecified atom stereocenters. The predicted octanol–water partition coefficient (Wildman–Crippen LogP) is 4.53. The van der Waals surface area contributed by atoms with E-state index in [1.807, 2.05) is 45.9 Å². The number of carbonyl (C=O) groups excluding carboxylic acids is 2. The van der Waals surface area contributed by atoms with Crippen molar-refractivity contribution in [2.24, 2.45) is 0 Å². The third kappa shape index (κ3) is 4.38. The molecule has 1 atom stereocenters. The summed E-state index contributed by atoms with van der Waals surface area (Å²) in [7, 11) is 0. The van der Waals surface area contributed by atoms with E-state index >= 15 is 0 Å². The molecule has 126 valence electrons. The van der Waals surface area contributed by atoms with Crippen molar-refractivity contribution in [1.82, 2.24) is 5.32 Å². The number of para-hydroxylation sites is 1. The number of nitrogens with zero attached hydrogens (tertiary/aromatic N) is 1. The molecular formula is C18H26N2O2S. The zero-order valence-electron chi connectivity index (χ0n) is 14.6. The zero-order chi connectivity index (χ0) is 17.4. The topological polar surface area (TPSA) is 49.4 Å². The van der Waals surface area contributed by atoms with E-state index in [0.29, 0.717) is 4.91 Å². The molecule has 23 heavy (non-hydrogen) atoms. The van der Waals surface area contributed by atoms with Gasteiger partial charge in [-0.25, -0.2) is 0 Å². The van der Waals surface area contributed by atoms with Gasteiger partial charge in [0, 0.05) is 24.7 Å². The van der Waals surface area contributed by atoms with Gasteiger partial charge in [-0.05, 0) is 30.3 Å². The maximum Gasteiger partial charge on any atom is 0.290 e. The van der Waals surface area contributed by atoms with E-state index < -0.39 is 0 Å². The van der Waals surface area contributed by atoms with Gasteiger partial charge in [-0.15, -0.1) is 0 Å². The second-order valence-corrected chi connectivity index (χ2v) is 5.59. The van der Waals surface area contributed by atoms with Crippen LogP contribution in [0.25, 0.3) is 0 Å². The first-order chi connectivity index (χ1) is 11.2. The van der Waals surface area contributed by atoms with Crippen LogP contribution in [0.5, 0.6) is 0 Å². The Hall–Kier alpha value is -1.75. The average molecular weight is 334 g/mol. The van der Waals surface area contributed by atoms with Crippen LogP contribution in [0.4, 0.5) is 10.5 Å². The van der Waals surface area contributed by atoms with E-state index in [-0.39, 0.29) is 17.1 Å². The Bertz CT molecular complexity index is 584. The smallest absolute Gasteiger partial charge is 0.290 e. The molecule has 1 aromatic carbocycles. The minimum absolute atomic E-state index is 0.176. The lowest BCUT2D eigenvalue weighted by Crippen LogP contribution is -2.21. The lowest BCUT2D eigenvalue weighted by Gasteiger charge is -2.16. The van der Waals surface area contributed by atoms with E-state index in [0.717, 1.165) is 24.9 Å². The van der Waals surface area contributed by atoms with E-state index in [1.165, 1.54) is 11.3 Å². The van der Waals surface area contributed by atoms with Gasteiger partial charge in [-0.1, -0.05) is 52.0 Å². The first-order valence-corrected chi connectivity index (χ1v) is 9.09. The molecule has 1 aromatic rings. The lowest BCUT2D eigenvalue weighted by molar-refractivity contribution is -0.115. The number of imide groups is 1. The number of hydrogen-bond donors (Lipinski definition) is 1. The second-order valence-electron chi connectivity index (χ2n) is 4.58. The quantitative estimate of drug-likeness (QED) is 0.807. The molecule has 0 spiro atoms. The van der Waals surface area contributed by atoms with Gasteiger partial charge < -0.3 is 4.90 Å². The van der Waals surface area contributed by atoms with E-state index in [2.05, 4.69) is 29.3 Å². The Balaban J connectivity index is 0.000000615. The Labute approximate surface area is 143 Å². The molecule has 0 aromatic heterocycles. The monoisotopic (exact) mass is 334 g/mol. The van der Waals surface area contributed by atoms with Gasteiger partial charge >= 0.3 is 0 Å². The molecule has 2 aliphatic heterocycles. The number of nitrogens with one attached hydrogen (secondary N) is 1. The molecule has 2 heterocycles. The molecule has 3 rings (SSSR count). The first-order valence-electron chi connectivity index (χ1n) is 8.28. The number of thioether (sulfide) groups is 1. The molecule has 0 saturated carbocycles. The third-order valence-corrected chi connectivity index (χ3v) is 4.30. The van der Waals surface area contributed by atoms with Gasteiger partial charge in [0.2, 0.25) is 0 Å². The molecule has 0 radical (unpaired) electrons. The molecule has 0 aliphatic carbocycles. The van der Waals surface area contributed by atoms with E-state index in [9.17, 15) is 9.59 Å². The number of hydrogen-bond acceptors (Lipinski definition) is 4. The molecule has 0 bridgehead atoms. The maximum atomic E-state index is 11.6. The summed E-state index contributed by atoms with van der Waals surface area (Å²) in [5, 5.41) is 2.01. The van der Waals surface area contributed by atoms with Gasteiger partial charge in [0.1, 0.15) is 0 Å². The zero-order valence-corrected chi connectivity index (χ0v) is 15.4. The number of anilines is 1. The molecular weight excluding hydrogens is 308 g/mol. The summed E-state index contributed by atoms with van der Waals surface area (Å²) in [6, 6.07) is 8.23. The largest absolute Gasteiger partial charge is 0.371 e. The number of carbonyl (C=O) groups is 2. The van der Waals surface area contributed by atoms with Gasteiger partial charge in [-0.2, -0.15) is 0 Å². The van der Waals surface area contributed by atoms with Crippen LogP contribution in [0.15, 0.2) is 35.2 Å². The molecule has 1 saturated heterocycles. The summed E-state index contributed by atoms with van der Waals surface area (Å²) in [6.45, 7) is 11.9. The Morgan fingerprint density at radius 1 is 1.22 bits per heavy atom. The summed E-state index contributed by atoms with van der Waals surface area (Å²) >= 11 is 0.987. The van der Waals surface area contributed by atoms with Crippen LogP contribution in [0.3, 0.4) is 0 Å². The number of amides is 2. The van der Waals surface area contributed by atoms with Crippen molar-refractivity contribution >= 4 is 28.6 Å². The summed E-state index contributed by atoms with van der Waals surface area (Å²) in [5.41, 5.74) is 2.45. The number of likely N-dealkylation sites (N-methyl/N-ethyl adjacent to an activating group) is 1. The van der Waals surface area contributed by atoms with Crippen LogP contribution in [0, 0.1) is 0 Å². The van der Waals surface area contributed by atoms with Crippen molar-refractivity contribution < 1.29 is 9.59 Å². The summed E-state index contributed by atoms with van der Waals surface area (Å²) < 4.78 is 0. The fourth-order valence-corrected chi connectivity index (χ4v) is 3.30. The SMILES string of the molecule is CC.CC.CCN1CC(/C=C2\SC(=O)NC2=O)c2ccccc21.